The van der Waals surface area contributed by atoms with Gasteiger partial charge in [-0.05, 0) is 26.2 Å². The first kappa shape index (κ1) is 12.3. The SMILES string of the molecule is CC1CN(C(CN)C2CCCO2)CCCO1. The number of ether oxygens (including phenoxy) is 2. The van der Waals surface area contributed by atoms with Crippen molar-refractivity contribution >= 4 is 0 Å². The first-order valence-corrected chi connectivity index (χ1v) is 6.48. The lowest BCUT2D eigenvalue weighted by atomic mass is 10.1. The van der Waals surface area contributed by atoms with Gasteiger partial charge in [-0.15, -0.1) is 0 Å². The van der Waals surface area contributed by atoms with E-state index in [-0.39, 0.29) is 0 Å². The van der Waals surface area contributed by atoms with E-state index in [0.29, 0.717) is 24.8 Å². The molecule has 0 aromatic carbocycles. The summed E-state index contributed by atoms with van der Waals surface area (Å²) in [5.74, 6) is 0. The molecule has 3 atom stereocenters. The maximum Gasteiger partial charge on any atom is 0.0743 e. The lowest BCUT2D eigenvalue weighted by Crippen LogP contribution is -2.50. The molecule has 2 rings (SSSR count). The molecular weight excluding hydrogens is 204 g/mol. The zero-order valence-electron chi connectivity index (χ0n) is 10.2. The van der Waals surface area contributed by atoms with E-state index >= 15 is 0 Å². The largest absolute Gasteiger partial charge is 0.377 e. The lowest BCUT2D eigenvalue weighted by molar-refractivity contribution is 0.0125. The van der Waals surface area contributed by atoms with E-state index in [2.05, 4.69) is 11.8 Å². The van der Waals surface area contributed by atoms with Gasteiger partial charge in [0.15, 0.2) is 0 Å². The molecule has 16 heavy (non-hydrogen) atoms. The van der Waals surface area contributed by atoms with E-state index in [1.807, 2.05) is 0 Å². The number of hydrogen-bond donors (Lipinski definition) is 1. The Balaban J connectivity index is 1.95. The molecule has 0 saturated carbocycles. The van der Waals surface area contributed by atoms with Crippen LogP contribution in [0.4, 0.5) is 0 Å². The van der Waals surface area contributed by atoms with Gasteiger partial charge in [-0.2, -0.15) is 0 Å². The Kier molecular flexibility index (Phi) is 4.58. The Labute approximate surface area is 98.1 Å². The van der Waals surface area contributed by atoms with Crippen molar-refractivity contribution in [2.24, 2.45) is 5.73 Å². The summed E-state index contributed by atoms with van der Waals surface area (Å²) in [5.41, 5.74) is 5.92. The Hall–Kier alpha value is -0.160. The molecular formula is C12H24N2O2. The summed E-state index contributed by atoms with van der Waals surface area (Å²) < 4.78 is 11.4. The lowest BCUT2D eigenvalue weighted by Gasteiger charge is -2.34. The van der Waals surface area contributed by atoms with Crippen molar-refractivity contribution < 1.29 is 9.47 Å². The highest BCUT2D eigenvalue weighted by atomic mass is 16.5. The molecule has 0 bridgehead atoms. The van der Waals surface area contributed by atoms with Crippen LogP contribution in [0.15, 0.2) is 0 Å². The van der Waals surface area contributed by atoms with E-state index in [9.17, 15) is 0 Å². The fourth-order valence-electron chi connectivity index (χ4n) is 2.77. The third-order valence-electron chi connectivity index (χ3n) is 3.59. The summed E-state index contributed by atoms with van der Waals surface area (Å²) in [7, 11) is 0. The van der Waals surface area contributed by atoms with Crippen LogP contribution in [0, 0.1) is 0 Å². The Morgan fingerprint density at radius 3 is 2.81 bits per heavy atom. The molecule has 0 radical (unpaired) electrons. The topological polar surface area (TPSA) is 47.7 Å². The van der Waals surface area contributed by atoms with Crippen molar-refractivity contribution in [1.29, 1.82) is 0 Å². The van der Waals surface area contributed by atoms with Crippen LogP contribution in [-0.4, -0.2) is 56.0 Å². The van der Waals surface area contributed by atoms with Crippen molar-refractivity contribution in [3.8, 4) is 0 Å². The molecule has 2 N–H and O–H groups in total. The molecule has 94 valence electrons. The molecule has 3 unspecified atom stereocenters. The Morgan fingerprint density at radius 2 is 2.12 bits per heavy atom. The zero-order chi connectivity index (χ0) is 11.4. The summed E-state index contributed by atoms with van der Waals surface area (Å²) >= 11 is 0. The first-order valence-electron chi connectivity index (χ1n) is 6.48. The maximum atomic E-state index is 5.92. The van der Waals surface area contributed by atoms with Crippen molar-refractivity contribution in [2.45, 2.75) is 44.4 Å². The van der Waals surface area contributed by atoms with Crippen LogP contribution in [0.25, 0.3) is 0 Å². The van der Waals surface area contributed by atoms with Crippen LogP contribution < -0.4 is 5.73 Å². The predicted octanol–water partition coefficient (Wildman–Crippen LogP) is 0.604. The van der Waals surface area contributed by atoms with Crippen molar-refractivity contribution in [2.75, 3.05) is 32.8 Å². The Bertz CT molecular complexity index is 207. The summed E-state index contributed by atoms with van der Waals surface area (Å²) in [6.07, 6.45) is 4.11. The van der Waals surface area contributed by atoms with E-state index in [1.54, 1.807) is 0 Å². The van der Waals surface area contributed by atoms with Crippen molar-refractivity contribution in [3.63, 3.8) is 0 Å². The average Bonchev–Trinajstić information content (AvgIpc) is 2.70. The van der Waals surface area contributed by atoms with Gasteiger partial charge in [-0.1, -0.05) is 0 Å². The van der Waals surface area contributed by atoms with E-state index in [0.717, 1.165) is 39.1 Å². The molecule has 0 spiro atoms. The molecule has 2 saturated heterocycles. The standard InChI is InChI=1S/C12H24N2O2/c1-10-9-14(5-3-7-15-10)11(8-13)12-4-2-6-16-12/h10-12H,2-9,13H2,1H3. The predicted molar refractivity (Wildman–Crippen MR) is 63.4 cm³/mol. The van der Waals surface area contributed by atoms with Crippen LogP contribution >= 0.6 is 0 Å². The highest BCUT2D eigenvalue weighted by molar-refractivity contribution is 4.85. The Morgan fingerprint density at radius 1 is 1.31 bits per heavy atom. The van der Waals surface area contributed by atoms with Gasteiger partial charge in [0.25, 0.3) is 0 Å². The smallest absolute Gasteiger partial charge is 0.0743 e. The van der Waals surface area contributed by atoms with Gasteiger partial charge in [-0.3, -0.25) is 4.90 Å². The molecule has 4 nitrogen and oxygen atoms in total. The third-order valence-corrected chi connectivity index (χ3v) is 3.59. The van der Waals surface area contributed by atoms with Gasteiger partial charge in [-0.25, -0.2) is 0 Å². The van der Waals surface area contributed by atoms with Gasteiger partial charge in [0.2, 0.25) is 0 Å². The normalized spacial score (nSPS) is 34.9. The van der Waals surface area contributed by atoms with E-state index in [4.69, 9.17) is 15.2 Å². The van der Waals surface area contributed by atoms with Crippen LogP contribution in [0.2, 0.25) is 0 Å². The summed E-state index contributed by atoms with van der Waals surface area (Å²) in [4.78, 5) is 2.47. The second-order valence-electron chi connectivity index (χ2n) is 4.88. The van der Waals surface area contributed by atoms with Crippen LogP contribution in [-0.2, 0) is 9.47 Å². The zero-order valence-corrected chi connectivity index (χ0v) is 10.2. The fourth-order valence-corrected chi connectivity index (χ4v) is 2.77. The average molecular weight is 228 g/mol. The number of nitrogens with two attached hydrogens (primary N) is 1. The highest BCUT2D eigenvalue weighted by Gasteiger charge is 2.31. The van der Waals surface area contributed by atoms with Gasteiger partial charge in [0.05, 0.1) is 12.2 Å². The molecule has 0 amide bonds. The summed E-state index contributed by atoms with van der Waals surface area (Å²) in [6, 6.07) is 0.381. The third kappa shape index (κ3) is 2.94. The van der Waals surface area contributed by atoms with Gasteiger partial charge < -0.3 is 15.2 Å². The van der Waals surface area contributed by atoms with Gasteiger partial charge >= 0.3 is 0 Å². The molecule has 0 aromatic rings. The number of nitrogens with zero attached hydrogens (tertiary/aromatic N) is 1. The molecule has 2 aliphatic heterocycles. The summed E-state index contributed by atoms with van der Waals surface area (Å²) in [5, 5.41) is 0. The molecule has 0 aromatic heterocycles. The van der Waals surface area contributed by atoms with Crippen LogP contribution in [0.1, 0.15) is 26.2 Å². The highest BCUT2D eigenvalue weighted by Crippen LogP contribution is 2.21. The quantitative estimate of drug-likeness (QED) is 0.768. The van der Waals surface area contributed by atoms with Crippen LogP contribution in [0.5, 0.6) is 0 Å². The molecule has 2 aliphatic rings. The van der Waals surface area contributed by atoms with Crippen molar-refractivity contribution in [3.05, 3.63) is 0 Å². The van der Waals surface area contributed by atoms with E-state index < -0.39 is 0 Å². The number of rotatable bonds is 3. The first-order chi connectivity index (χ1) is 7.81. The summed E-state index contributed by atoms with van der Waals surface area (Å²) in [6.45, 7) is 6.69. The fraction of sp³-hybridized carbons (Fsp3) is 1.00. The second kappa shape index (κ2) is 5.96. The minimum absolute atomic E-state index is 0.318. The van der Waals surface area contributed by atoms with Crippen LogP contribution in [0.3, 0.4) is 0 Å². The van der Waals surface area contributed by atoms with Gasteiger partial charge in [0.1, 0.15) is 0 Å². The molecule has 0 aliphatic carbocycles. The molecule has 4 heteroatoms. The number of hydrogen-bond acceptors (Lipinski definition) is 4. The van der Waals surface area contributed by atoms with E-state index in [1.165, 1.54) is 6.42 Å². The minimum atomic E-state index is 0.318. The maximum absolute atomic E-state index is 5.92. The minimum Gasteiger partial charge on any atom is -0.377 e. The van der Waals surface area contributed by atoms with Crippen molar-refractivity contribution in [1.82, 2.24) is 4.90 Å². The molecule has 2 heterocycles. The monoisotopic (exact) mass is 228 g/mol. The second-order valence-corrected chi connectivity index (χ2v) is 4.88. The molecule has 2 fully saturated rings. The van der Waals surface area contributed by atoms with Gasteiger partial charge in [0, 0.05) is 38.9 Å².